The molecule has 5 aromatic carbocycles. The number of benzene rings is 5. The van der Waals surface area contributed by atoms with Crippen LogP contribution in [0.25, 0.3) is 0 Å². The number of hydrogen-bond acceptors (Lipinski definition) is 12. The second kappa shape index (κ2) is 91.7. The molecule has 0 saturated heterocycles. The summed E-state index contributed by atoms with van der Waals surface area (Å²) in [6, 6.07) is 45.5. The average molecular weight is 1600 g/mol. The van der Waals surface area contributed by atoms with Gasteiger partial charge in [0.1, 0.15) is 52.0 Å². The molecule has 12 nitrogen and oxygen atoms in total. The van der Waals surface area contributed by atoms with Crippen molar-refractivity contribution < 1.29 is 57.5 Å². The van der Waals surface area contributed by atoms with Crippen molar-refractivity contribution in [3.8, 4) is 0 Å². The maximum Gasteiger partial charge on any atom is 0.159 e. The molecule has 0 saturated carbocycles. The second-order valence-corrected chi connectivity index (χ2v) is 30.7. The molecule has 0 unspecified atom stereocenters. The third kappa shape index (κ3) is 115. The van der Waals surface area contributed by atoms with E-state index in [1.807, 2.05) is 132 Å². The van der Waals surface area contributed by atoms with E-state index in [-0.39, 0.29) is 65.4 Å². The molecule has 0 atom stereocenters. The largest absolute Gasteiger partial charge is 0.300 e. The number of Topliss-reactive ketones (excluding diaryl/α,β-unsaturated/α-hetero) is 12. The molecule has 0 aliphatic heterocycles. The molecule has 12 heteroatoms. The van der Waals surface area contributed by atoms with Crippen molar-refractivity contribution in [2.45, 2.75) is 391 Å². The van der Waals surface area contributed by atoms with Gasteiger partial charge in [0.25, 0.3) is 0 Å². The van der Waals surface area contributed by atoms with Crippen molar-refractivity contribution in [3.63, 3.8) is 0 Å². The molecule has 0 N–H and O–H groups in total. The van der Waals surface area contributed by atoms with Gasteiger partial charge in [-0.2, -0.15) is 0 Å². The van der Waals surface area contributed by atoms with Gasteiger partial charge < -0.3 is 33.6 Å². The number of aryl methyl sites for hydroxylation is 3. The zero-order valence-electron chi connectivity index (χ0n) is 76.6. The van der Waals surface area contributed by atoms with Crippen molar-refractivity contribution in [1.29, 1.82) is 0 Å². The van der Waals surface area contributed by atoms with E-state index in [1.54, 1.807) is 69.2 Å². The highest BCUT2D eigenvalue weighted by Gasteiger charge is 2.03. The normalized spacial score (nSPS) is 9.50. The van der Waals surface area contributed by atoms with Crippen LogP contribution >= 0.6 is 0 Å². The first-order chi connectivity index (χ1) is 53.9. The van der Waals surface area contributed by atoms with Gasteiger partial charge in [-0.15, -0.1) is 0 Å². The second-order valence-electron chi connectivity index (χ2n) is 30.7. The maximum absolute atomic E-state index is 11.2. The quantitative estimate of drug-likeness (QED) is 0.0264. The lowest BCUT2D eigenvalue weighted by Crippen LogP contribution is -1.98. The predicted octanol–water partition coefficient (Wildman–Crippen LogP) is 28.7. The van der Waals surface area contributed by atoms with Crippen molar-refractivity contribution >= 4 is 69.4 Å². The summed E-state index contributed by atoms with van der Waals surface area (Å²) in [6.07, 6.45) is 41.7. The summed E-state index contributed by atoms with van der Waals surface area (Å²) in [5.74, 6) is 3.73. The lowest BCUT2D eigenvalue weighted by Gasteiger charge is -2.03. The molecule has 5 aromatic rings. The molecule has 0 amide bonds. The fraction of sp³-hybridized carbons (Fsp3) is 0.592. The highest BCUT2D eigenvalue weighted by molar-refractivity contribution is 5.95. The van der Waals surface area contributed by atoms with Crippen LogP contribution < -0.4 is 0 Å². The predicted molar refractivity (Wildman–Crippen MR) is 492 cm³/mol. The first-order valence-electron chi connectivity index (χ1n) is 43.1. The molecule has 0 aliphatic carbocycles. The number of carbonyl (C=O) groups is 12. The van der Waals surface area contributed by atoms with E-state index in [2.05, 4.69) is 70.2 Å². The lowest BCUT2D eigenvalue weighted by atomic mass is 10.0. The van der Waals surface area contributed by atoms with Gasteiger partial charge in [-0.1, -0.05) is 343 Å². The minimum absolute atomic E-state index is 0. The third-order valence-corrected chi connectivity index (χ3v) is 16.8. The fourth-order valence-electron chi connectivity index (χ4n) is 9.73. The molecule has 0 fully saturated rings. The van der Waals surface area contributed by atoms with E-state index in [0.717, 1.165) is 86.0 Å². The Morgan fingerprint density at radius 1 is 0.270 bits per heavy atom. The van der Waals surface area contributed by atoms with E-state index in [4.69, 9.17) is 0 Å². The summed E-state index contributed by atoms with van der Waals surface area (Å²) >= 11 is 0. The molecule has 652 valence electrons. The van der Waals surface area contributed by atoms with Gasteiger partial charge in [0, 0.05) is 61.1 Å². The Hall–Kier alpha value is -7.86. The smallest absolute Gasteiger partial charge is 0.159 e. The number of carbonyl (C=O) groups excluding carboxylic acids is 12. The standard InChI is InChI=1S/C21H34O.C19H30O.2C9H10O.C9H18O.C8H8O.C7H14O.2C5H10O.C4H8O.2C3H6O.CH4/c1-20(22)16-12-9-7-5-3-2-4-6-8-10-13-17-21-18-14-11-15-19-21;1-3-4-5-6-7-8-9-10-11-12-18-13-15-19(16-14-18)17(2)20;1-7-3-5-9(6-4-7)8(2)10;1-8(10)7-9-5-3-2-4-6-9;1-8(2)6-4-5-7-9(3)10;1-7(9)8-5-3-2-4-6-8;1-3-4-5-6-7(2)8;1-4(2)5(3)6;1-3-4-5(2)6;1-3-4(2)5;2*1-3(2)4;/h11,14-15,18-19H,2-10,12-13,16-17H2,1H3;13-16H,3-12H2,1-2H3;3-6H,1-2H3;2-6H,7H2,1H3;8H,4-7H2,1-3H3;2-6H,1H3;3-6H2,1-2H3;4H,1-3H3;3-4H2,1-2H3;3H2,1-2H3;2*1-2H3;1H4. The van der Waals surface area contributed by atoms with Crippen LogP contribution in [0.4, 0.5) is 0 Å². The SMILES string of the molecule is C.CC(=O)C(C)C.CC(=O)CCCCC(C)C.CC(=O)CCCCCCCCCCCCCc1ccccc1.CC(=O)Cc1ccccc1.CC(=O)c1ccc(C)cc1.CC(=O)c1ccccc1.CC(C)=O.CC(C)=O.CCC(C)=O.CCCC(C)=O.CCCCCC(C)=O.CCCCCCCCCCCc1ccc(C(C)=O)cc1. The molecule has 0 spiro atoms. The maximum atomic E-state index is 11.2. The fourth-order valence-corrected chi connectivity index (χ4v) is 9.73. The van der Waals surface area contributed by atoms with Crippen LogP contribution in [-0.4, -0.2) is 69.4 Å². The molecule has 0 aromatic heterocycles. The Bertz CT molecular complexity index is 3120. The lowest BCUT2D eigenvalue weighted by molar-refractivity contribution is -0.120. The summed E-state index contributed by atoms with van der Waals surface area (Å²) < 4.78 is 0. The van der Waals surface area contributed by atoms with Crippen molar-refractivity contribution in [2.24, 2.45) is 11.8 Å². The molecule has 0 bridgehead atoms. The molecule has 115 heavy (non-hydrogen) atoms. The highest BCUT2D eigenvalue weighted by atomic mass is 16.2. The van der Waals surface area contributed by atoms with Gasteiger partial charge in [0.05, 0.1) is 0 Å². The molecule has 5 rings (SSSR count). The van der Waals surface area contributed by atoms with E-state index in [1.165, 1.54) is 198 Å². The van der Waals surface area contributed by atoms with Crippen molar-refractivity contribution in [2.75, 3.05) is 0 Å². The van der Waals surface area contributed by atoms with Gasteiger partial charge in [0.15, 0.2) is 17.3 Å². The molecular formula is C103H168O12. The Morgan fingerprint density at radius 3 is 0.783 bits per heavy atom. The van der Waals surface area contributed by atoms with E-state index in [9.17, 15) is 57.5 Å². The number of ketones is 12. The summed E-state index contributed by atoms with van der Waals surface area (Å²) in [6.45, 7) is 40.8. The van der Waals surface area contributed by atoms with Crippen LogP contribution in [0, 0.1) is 18.8 Å². The highest BCUT2D eigenvalue weighted by Crippen LogP contribution is 2.16. The van der Waals surface area contributed by atoms with Crippen LogP contribution in [0.3, 0.4) is 0 Å². The zero-order chi connectivity index (χ0) is 88.1. The third-order valence-electron chi connectivity index (χ3n) is 16.8. The van der Waals surface area contributed by atoms with E-state index >= 15 is 0 Å². The van der Waals surface area contributed by atoms with Crippen molar-refractivity contribution in [1.82, 2.24) is 0 Å². The van der Waals surface area contributed by atoms with Gasteiger partial charge >= 0.3 is 0 Å². The zero-order valence-corrected chi connectivity index (χ0v) is 76.6. The Kier molecular flexibility index (Phi) is 97.9. The monoisotopic (exact) mass is 1600 g/mol. The van der Waals surface area contributed by atoms with Crippen LogP contribution in [0.2, 0.25) is 0 Å². The summed E-state index contributed by atoms with van der Waals surface area (Å²) in [7, 11) is 0. The van der Waals surface area contributed by atoms with E-state index in [0.29, 0.717) is 30.2 Å². The number of rotatable bonds is 42. The Balaban J connectivity index is -0.000000188. The van der Waals surface area contributed by atoms with Crippen LogP contribution in [0.5, 0.6) is 0 Å². The number of hydrogen-bond donors (Lipinski definition) is 0. The van der Waals surface area contributed by atoms with Gasteiger partial charge in [0.2, 0.25) is 0 Å². The van der Waals surface area contributed by atoms with Crippen LogP contribution in [-0.2, 0) is 62.4 Å². The van der Waals surface area contributed by atoms with Crippen LogP contribution in [0.1, 0.15) is 419 Å². The first-order valence-corrected chi connectivity index (χ1v) is 43.1. The van der Waals surface area contributed by atoms with Gasteiger partial charge in [-0.25, -0.2) is 0 Å². The van der Waals surface area contributed by atoms with Crippen LogP contribution in [0.15, 0.2) is 140 Å². The molecule has 0 heterocycles. The minimum Gasteiger partial charge on any atom is -0.300 e. The van der Waals surface area contributed by atoms with E-state index < -0.39 is 0 Å². The molecular weight excluding hydrogens is 1430 g/mol. The minimum atomic E-state index is 0. The topological polar surface area (TPSA) is 205 Å². The average Bonchev–Trinajstić information content (AvgIpc) is 0.876. The number of unbranched alkanes of at least 4 members (excludes halogenated alkanes) is 21. The Labute approximate surface area is 704 Å². The Morgan fingerprint density at radius 2 is 0.522 bits per heavy atom. The molecule has 0 aliphatic rings. The molecule has 0 radical (unpaired) electrons. The summed E-state index contributed by atoms with van der Waals surface area (Å²) in [5, 5.41) is 0. The van der Waals surface area contributed by atoms with Gasteiger partial charge in [-0.05, 0) is 178 Å². The van der Waals surface area contributed by atoms with Crippen molar-refractivity contribution in [3.05, 3.63) is 178 Å². The summed E-state index contributed by atoms with van der Waals surface area (Å²) in [5.41, 5.74) is 7.49. The van der Waals surface area contributed by atoms with Gasteiger partial charge in [-0.3, -0.25) is 24.0 Å². The summed E-state index contributed by atoms with van der Waals surface area (Å²) in [4.78, 5) is 124. The first kappa shape index (κ1) is 123.